The molecule has 0 atom stereocenters. The zero-order valence-corrected chi connectivity index (χ0v) is 8.25. The summed E-state index contributed by atoms with van der Waals surface area (Å²) in [7, 11) is 0. The molecule has 1 aromatic carbocycles. The second kappa shape index (κ2) is 4.11. The van der Waals surface area contributed by atoms with E-state index in [1.54, 1.807) is 25.1 Å². The van der Waals surface area contributed by atoms with Gasteiger partial charge in [0.1, 0.15) is 0 Å². The number of hydrogen-bond donors (Lipinski definition) is 2. The van der Waals surface area contributed by atoms with Crippen molar-refractivity contribution < 1.29 is 10.0 Å². The van der Waals surface area contributed by atoms with Crippen LogP contribution < -0.4 is 5.73 Å². The number of amides is 1. The van der Waals surface area contributed by atoms with Crippen LogP contribution in [0.3, 0.4) is 0 Å². The van der Waals surface area contributed by atoms with Crippen LogP contribution in [0.25, 0.3) is 0 Å². The highest BCUT2D eigenvalue weighted by atomic mass is 35.5. The molecule has 74 valence electrons. The average Bonchev–Trinajstić information content (AvgIpc) is 2.09. The lowest BCUT2D eigenvalue weighted by molar-refractivity contribution is -0.112. The molecule has 0 aromatic heterocycles. The number of oxime groups is 1. The maximum atomic E-state index is 10.9. The predicted octanol–water partition coefficient (Wildman–Crippen LogP) is 1.31. The zero-order valence-electron chi connectivity index (χ0n) is 7.49. The normalized spacial score (nSPS) is 11.4. The molecule has 0 saturated heterocycles. The highest BCUT2D eigenvalue weighted by Gasteiger charge is 2.13. The summed E-state index contributed by atoms with van der Waals surface area (Å²) in [5.74, 6) is -0.780. The summed E-state index contributed by atoms with van der Waals surface area (Å²) in [6.45, 7) is 1.75. The minimum Gasteiger partial charge on any atom is -0.410 e. The summed E-state index contributed by atoms with van der Waals surface area (Å²) < 4.78 is 0. The fraction of sp³-hybridized carbons (Fsp3) is 0.111. The number of hydrogen-bond acceptors (Lipinski definition) is 3. The molecular formula is C9H9ClN2O2. The van der Waals surface area contributed by atoms with Crippen LogP contribution in [0.4, 0.5) is 0 Å². The molecule has 0 saturated carbocycles. The summed E-state index contributed by atoms with van der Waals surface area (Å²) in [6.07, 6.45) is 0. The maximum Gasteiger partial charge on any atom is 0.271 e. The highest BCUT2D eigenvalue weighted by molar-refractivity contribution is 6.45. The maximum absolute atomic E-state index is 10.9. The van der Waals surface area contributed by atoms with Gasteiger partial charge in [0.05, 0.1) is 0 Å². The Bertz CT molecular complexity index is 402. The second-order valence-corrected chi connectivity index (χ2v) is 3.21. The van der Waals surface area contributed by atoms with E-state index in [9.17, 15) is 4.79 Å². The summed E-state index contributed by atoms with van der Waals surface area (Å²) >= 11 is 5.73. The Morgan fingerprint density at radius 2 is 2.21 bits per heavy atom. The summed E-state index contributed by atoms with van der Waals surface area (Å²) in [4.78, 5) is 10.9. The Hall–Kier alpha value is -1.55. The van der Waals surface area contributed by atoms with Crippen molar-refractivity contribution in [2.45, 2.75) is 6.92 Å². The zero-order chi connectivity index (χ0) is 10.7. The van der Waals surface area contributed by atoms with E-state index in [0.717, 1.165) is 5.56 Å². The number of aryl methyl sites for hydroxylation is 1. The smallest absolute Gasteiger partial charge is 0.271 e. The molecule has 4 nitrogen and oxygen atoms in total. The van der Waals surface area contributed by atoms with Crippen molar-refractivity contribution in [1.29, 1.82) is 0 Å². The number of nitrogens with two attached hydrogens (primary N) is 1. The van der Waals surface area contributed by atoms with Crippen molar-refractivity contribution in [2.75, 3.05) is 0 Å². The van der Waals surface area contributed by atoms with Gasteiger partial charge in [-0.1, -0.05) is 22.8 Å². The van der Waals surface area contributed by atoms with E-state index in [1.807, 2.05) is 0 Å². The lowest BCUT2D eigenvalue weighted by Gasteiger charge is -2.04. The Balaban J connectivity index is 3.25. The third kappa shape index (κ3) is 2.03. The van der Waals surface area contributed by atoms with E-state index >= 15 is 0 Å². The van der Waals surface area contributed by atoms with Crippen molar-refractivity contribution in [3.8, 4) is 0 Å². The number of nitrogens with zero attached hydrogens (tertiary/aromatic N) is 1. The van der Waals surface area contributed by atoms with E-state index in [0.29, 0.717) is 10.6 Å². The van der Waals surface area contributed by atoms with Crippen LogP contribution >= 0.6 is 11.6 Å². The van der Waals surface area contributed by atoms with Gasteiger partial charge in [0.2, 0.25) is 0 Å². The molecule has 0 spiro atoms. The van der Waals surface area contributed by atoms with Gasteiger partial charge in [-0.05, 0) is 24.6 Å². The van der Waals surface area contributed by atoms with Gasteiger partial charge in [0.15, 0.2) is 5.71 Å². The van der Waals surface area contributed by atoms with Gasteiger partial charge >= 0.3 is 0 Å². The molecule has 0 aliphatic rings. The molecular weight excluding hydrogens is 204 g/mol. The number of carbonyl (C=O) groups excluding carboxylic acids is 1. The molecule has 0 heterocycles. The van der Waals surface area contributed by atoms with Gasteiger partial charge in [0, 0.05) is 10.6 Å². The average molecular weight is 213 g/mol. The van der Waals surface area contributed by atoms with E-state index < -0.39 is 5.91 Å². The second-order valence-electron chi connectivity index (χ2n) is 2.77. The monoisotopic (exact) mass is 212 g/mol. The Kier molecular flexibility index (Phi) is 3.09. The first-order chi connectivity index (χ1) is 6.56. The molecule has 0 radical (unpaired) electrons. The lowest BCUT2D eigenvalue weighted by Crippen LogP contribution is -2.24. The van der Waals surface area contributed by atoms with Crippen molar-refractivity contribution >= 4 is 23.2 Å². The van der Waals surface area contributed by atoms with Crippen LogP contribution in [0.5, 0.6) is 0 Å². The molecule has 0 unspecified atom stereocenters. The third-order valence-corrected chi connectivity index (χ3v) is 2.01. The minimum atomic E-state index is -0.780. The quantitative estimate of drug-likeness (QED) is 0.441. The lowest BCUT2D eigenvalue weighted by atomic mass is 10.0. The minimum absolute atomic E-state index is 0.167. The van der Waals surface area contributed by atoms with Crippen molar-refractivity contribution in [3.63, 3.8) is 0 Å². The molecule has 0 aliphatic carbocycles. The van der Waals surface area contributed by atoms with Crippen molar-refractivity contribution in [2.24, 2.45) is 10.9 Å². The van der Waals surface area contributed by atoms with Gasteiger partial charge in [-0.15, -0.1) is 0 Å². The first kappa shape index (κ1) is 10.5. The predicted molar refractivity (Wildman–Crippen MR) is 53.7 cm³/mol. The Morgan fingerprint density at radius 1 is 1.57 bits per heavy atom. The van der Waals surface area contributed by atoms with E-state index in [2.05, 4.69) is 5.16 Å². The van der Waals surface area contributed by atoms with E-state index in [4.69, 9.17) is 22.5 Å². The van der Waals surface area contributed by atoms with Gasteiger partial charge in [-0.25, -0.2) is 0 Å². The van der Waals surface area contributed by atoms with Crippen LogP contribution in [0.2, 0.25) is 5.02 Å². The van der Waals surface area contributed by atoms with Gasteiger partial charge in [-0.2, -0.15) is 0 Å². The molecule has 3 N–H and O–H groups in total. The fourth-order valence-electron chi connectivity index (χ4n) is 1.13. The molecule has 1 rings (SSSR count). The molecule has 0 bridgehead atoms. The highest BCUT2D eigenvalue weighted by Crippen LogP contribution is 2.15. The van der Waals surface area contributed by atoms with Gasteiger partial charge < -0.3 is 10.9 Å². The molecule has 0 fully saturated rings. The number of benzene rings is 1. The van der Waals surface area contributed by atoms with Crippen LogP contribution in [-0.2, 0) is 4.79 Å². The summed E-state index contributed by atoms with van der Waals surface area (Å²) in [5, 5.41) is 12.0. The topological polar surface area (TPSA) is 75.7 Å². The number of carbonyl (C=O) groups is 1. The molecule has 14 heavy (non-hydrogen) atoms. The van der Waals surface area contributed by atoms with Crippen LogP contribution in [0.1, 0.15) is 11.1 Å². The first-order valence-corrected chi connectivity index (χ1v) is 4.22. The van der Waals surface area contributed by atoms with Crippen LogP contribution in [-0.4, -0.2) is 16.8 Å². The number of halogens is 1. The molecule has 1 aromatic rings. The Labute approximate surface area is 86.0 Å². The van der Waals surface area contributed by atoms with Crippen molar-refractivity contribution in [3.05, 3.63) is 34.3 Å². The van der Waals surface area contributed by atoms with Gasteiger partial charge in [-0.3, -0.25) is 4.79 Å². The summed E-state index contributed by atoms with van der Waals surface area (Å²) in [6, 6.07) is 4.83. The molecule has 5 heteroatoms. The molecule has 0 aliphatic heterocycles. The summed E-state index contributed by atoms with van der Waals surface area (Å²) in [5.41, 5.74) is 6.06. The molecule has 1 amide bonds. The largest absolute Gasteiger partial charge is 0.410 e. The van der Waals surface area contributed by atoms with Crippen LogP contribution in [0, 0.1) is 6.92 Å². The Morgan fingerprint density at radius 3 is 2.64 bits per heavy atom. The van der Waals surface area contributed by atoms with Gasteiger partial charge in [0.25, 0.3) is 5.91 Å². The van der Waals surface area contributed by atoms with E-state index in [-0.39, 0.29) is 5.71 Å². The standard InChI is InChI=1S/C9H9ClN2O2/c1-5-4-6(10)2-3-7(5)8(12-14)9(11)13/h2-4,14H,1H3,(H2,11,13)/b12-8-. The van der Waals surface area contributed by atoms with Crippen LogP contribution in [0.15, 0.2) is 23.4 Å². The third-order valence-electron chi connectivity index (χ3n) is 1.78. The fourth-order valence-corrected chi connectivity index (χ4v) is 1.36. The number of primary amides is 1. The number of rotatable bonds is 2. The van der Waals surface area contributed by atoms with Crippen molar-refractivity contribution in [1.82, 2.24) is 0 Å². The SMILES string of the molecule is Cc1cc(Cl)ccc1/C(=N/O)C(N)=O. The van der Waals surface area contributed by atoms with E-state index in [1.165, 1.54) is 0 Å². The first-order valence-electron chi connectivity index (χ1n) is 3.84.